The third-order valence-corrected chi connectivity index (χ3v) is 1.89. The molecule has 0 unspecified atom stereocenters. The summed E-state index contributed by atoms with van der Waals surface area (Å²) in [4.78, 5) is 0. The van der Waals surface area contributed by atoms with Crippen LogP contribution in [0.25, 0.3) is 0 Å². The summed E-state index contributed by atoms with van der Waals surface area (Å²) < 4.78 is 50.0. The van der Waals surface area contributed by atoms with Gasteiger partial charge in [-0.2, -0.15) is 13.2 Å². The van der Waals surface area contributed by atoms with Crippen LogP contribution in [0.2, 0.25) is 0 Å². The van der Waals surface area contributed by atoms with E-state index in [4.69, 9.17) is 5.11 Å². The molecule has 1 nitrogen and oxygen atoms in total. The van der Waals surface area contributed by atoms with E-state index in [1.165, 1.54) is 6.92 Å². The van der Waals surface area contributed by atoms with Crippen molar-refractivity contribution in [3.05, 3.63) is 35.1 Å². The molecule has 0 aliphatic rings. The first-order valence-corrected chi connectivity index (χ1v) is 4.34. The zero-order valence-electron chi connectivity index (χ0n) is 7.98. The summed E-state index contributed by atoms with van der Waals surface area (Å²) in [7, 11) is 0. The number of hydrogen-bond donors (Lipinski definition) is 1. The second-order valence-corrected chi connectivity index (χ2v) is 3.35. The fourth-order valence-electron chi connectivity index (χ4n) is 1.33. The van der Waals surface area contributed by atoms with Crippen molar-refractivity contribution in [2.24, 2.45) is 0 Å². The third-order valence-electron chi connectivity index (χ3n) is 1.89. The minimum absolute atomic E-state index is 0.216. The summed E-state index contributed by atoms with van der Waals surface area (Å²) in [6.45, 7) is 1.35. The molecule has 0 saturated carbocycles. The molecular formula is C10H10F4O. The van der Waals surface area contributed by atoms with E-state index in [9.17, 15) is 17.6 Å². The summed E-state index contributed by atoms with van der Waals surface area (Å²) in [5, 5.41) is 9.00. The van der Waals surface area contributed by atoms with Gasteiger partial charge in [-0.1, -0.05) is 0 Å². The summed E-state index contributed by atoms with van der Waals surface area (Å²) in [5.74, 6) is -0.737. The van der Waals surface area contributed by atoms with Gasteiger partial charge in [0, 0.05) is 0 Å². The van der Waals surface area contributed by atoms with E-state index >= 15 is 0 Å². The zero-order chi connectivity index (χ0) is 11.6. The smallest absolute Gasteiger partial charge is 0.393 e. The Morgan fingerprint density at radius 1 is 1.33 bits per heavy atom. The highest BCUT2D eigenvalue weighted by atomic mass is 19.4. The van der Waals surface area contributed by atoms with Gasteiger partial charge in [0.05, 0.1) is 11.7 Å². The van der Waals surface area contributed by atoms with Gasteiger partial charge in [0.25, 0.3) is 0 Å². The molecule has 15 heavy (non-hydrogen) atoms. The Hall–Kier alpha value is -1.10. The molecule has 0 fully saturated rings. The highest BCUT2D eigenvalue weighted by molar-refractivity contribution is 5.30. The molecule has 0 aliphatic heterocycles. The molecule has 1 aromatic rings. The Balaban J connectivity index is 3.15. The van der Waals surface area contributed by atoms with Gasteiger partial charge in [-0.05, 0) is 37.1 Å². The van der Waals surface area contributed by atoms with Crippen LogP contribution in [0.4, 0.5) is 17.6 Å². The Kier molecular flexibility index (Phi) is 3.34. The van der Waals surface area contributed by atoms with Gasteiger partial charge in [0.2, 0.25) is 0 Å². The molecule has 0 aliphatic carbocycles. The fourth-order valence-corrected chi connectivity index (χ4v) is 1.33. The molecule has 0 heterocycles. The quantitative estimate of drug-likeness (QED) is 0.763. The SMILES string of the molecule is C[C@H](O)Cc1cc(F)ccc1C(F)(F)F. The highest BCUT2D eigenvalue weighted by Crippen LogP contribution is 2.32. The Morgan fingerprint density at radius 2 is 1.93 bits per heavy atom. The predicted molar refractivity (Wildman–Crippen MR) is 46.8 cm³/mol. The highest BCUT2D eigenvalue weighted by Gasteiger charge is 2.33. The van der Waals surface area contributed by atoms with Crippen LogP contribution in [-0.4, -0.2) is 11.2 Å². The minimum atomic E-state index is -4.52. The molecule has 0 amide bonds. The van der Waals surface area contributed by atoms with Gasteiger partial charge in [-0.15, -0.1) is 0 Å². The molecule has 1 rings (SSSR count). The monoisotopic (exact) mass is 222 g/mol. The van der Waals surface area contributed by atoms with Crippen LogP contribution in [-0.2, 0) is 12.6 Å². The van der Waals surface area contributed by atoms with E-state index in [2.05, 4.69) is 0 Å². The van der Waals surface area contributed by atoms with Gasteiger partial charge in [-0.3, -0.25) is 0 Å². The Morgan fingerprint density at radius 3 is 2.40 bits per heavy atom. The average molecular weight is 222 g/mol. The number of rotatable bonds is 2. The van der Waals surface area contributed by atoms with Crippen LogP contribution < -0.4 is 0 Å². The van der Waals surface area contributed by atoms with Crippen molar-refractivity contribution >= 4 is 0 Å². The van der Waals surface area contributed by atoms with E-state index in [0.29, 0.717) is 6.07 Å². The summed E-state index contributed by atoms with van der Waals surface area (Å²) in [6, 6.07) is 2.25. The second kappa shape index (κ2) is 4.18. The summed E-state index contributed by atoms with van der Waals surface area (Å²) in [5.41, 5.74) is -1.12. The molecule has 1 aromatic carbocycles. The molecule has 0 aromatic heterocycles. The van der Waals surface area contributed by atoms with Crippen LogP contribution >= 0.6 is 0 Å². The lowest BCUT2D eigenvalue weighted by Crippen LogP contribution is -2.13. The molecule has 0 spiro atoms. The van der Waals surface area contributed by atoms with Gasteiger partial charge in [-0.25, -0.2) is 4.39 Å². The molecule has 5 heteroatoms. The van der Waals surface area contributed by atoms with Crippen LogP contribution in [0.15, 0.2) is 18.2 Å². The van der Waals surface area contributed by atoms with Crippen LogP contribution in [0.1, 0.15) is 18.1 Å². The normalized spacial score (nSPS) is 14.0. The second-order valence-electron chi connectivity index (χ2n) is 3.35. The Bertz CT molecular complexity index is 344. The van der Waals surface area contributed by atoms with Gasteiger partial charge < -0.3 is 5.11 Å². The van der Waals surface area contributed by atoms with E-state index < -0.39 is 23.7 Å². The van der Waals surface area contributed by atoms with Gasteiger partial charge in [0.15, 0.2) is 0 Å². The first-order chi connectivity index (χ1) is 6.80. The number of benzene rings is 1. The third kappa shape index (κ3) is 3.20. The van der Waals surface area contributed by atoms with Crippen molar-refractivity contribution in [3.63, 3.8) is 0 Å². The van der Waals surface area contributed by atoms with Crippen molar-refractivity contribution < 1.29 is 22.7 Å². The standard InChI is InChI=1S/C10H10F4O/c1-6(15)4-7-5-8(11)2-3-9(7)10(12,13)14/h2-3,5-6,15H,4H2,1H3/t6-/m0/s1. The number of aliphatic hydroxyl groups excluding tert-OH is 1. The number of aliphatic hydroxyl groups is 1. The van der Waals surface area contributed by atoms with Crippen LogP contribution in [0, 0.1) is 5.82 Å². The van der Waals surface area contributed by atoms with E-state index in [-0.39, 0.29) is 12.0 Å². The molecule has 1 atom stereocenters. The van der Waals surface area contributed by atoms with E-state index in [1.807, 2.05) is 0 Å². The van der Waals surface area contributed by atoms with E-state index in [0.717, 1.165) is 12.1 Å². The van der Waals surface area contributed by atoms with Crippen LogP contribution in [0.5, 0.6) is 0 Å². The molecule has 0 bridgehead atoms. The lowest BCUT2D eigenvalue weighted by Gasteiger charge is -2.13. The molecule has 1 N–H and O–H groups in total. The molecular weight excluding hydrogens is 212 g/mol. The van der Waals surface area contributed by atoms with Crippen molar-refractivity contribution in [3.8, 4) is 0 Å². The molecule has 0 saturated heterocycles. The minimum Gasteiger partial charge on any atom is -0.393 e. The topological polar surface area (TPSA) is 20.2 Å². The maximum absolute atomic E-state index is 12.7. The predicted octanol–water partition coefficient (Wildman–Crippen LogP) is 2.77. The van der Waals surface area contributed by atoms with Gasteiger partial charge >= 0.3 is 6.18 Å². The number of halogens is 4. The number of hydrogen-bond acceptors (Lipinski definition) is 1. The fraction of sp³-hybridized carbons (Fsp3) is 0.400. The molecule has 0 radical (unpaired) electrons. The summed E-state index contributed by atoms with van der Waals surface area (Å²) >= 11 is 0. The van der Waals surface area contributed by atoms with Crippen molar-refractivity contribution in [1.82, 2.24) is 0 Å². The number of alkyl halides is 3. The van der Waals surface area contributed by atoms with Crippen molar-refractivity contribution in [1.29, 1.82) is 0 Å². The Labute approximate surface area is 84.3 Å². The summed E-state index contributed by atoms with van der Waals surface area (Å²) in [6.07, 6.45) is -5.67. The molecule has 84 valence electrons. The largest absolute Gasteiger partial charge is 0.416 e. The van der Waals surface area contributed by atoms with Crippen molar-refractivity contribution in [2.45, 2.75) is 25.6 Å². The lowest BCUT2D eigenvalue weighted by atomic mass is 10.0. The zero-order valence-corrected chi connectivity index (χ0v) is 7.98. The van der Waals surface area contributed by atoms with Gasteiger partial charge in [0.1, 0.15) is 5.82 Å². The maximum Gasteiger partial charge on any atom is 0.416 e. The first-order valence-electron chi connectivity index (χ1n) is 4.34. The first kappa shape index (κ1) is 12.0. The maximum atomic E-state index is 12.7. The van der Waals surface area contributed by atoms with Crippen molar-refractivity contribution in [2.75, 3.05) is 0 Å². The average Bonchev–Trinajstić information content (AvgIpc) is 1.99. The van der Waals surface area contributed by atoms with E-state index in [1.54, 1.807) is 0 Å². The van der Waals surface area contributed by atoms with Crippen LogP contribution in [0.3, 0.4) is 0 Å². The lowest BCUT2D eigenvalue weighted by molar-refractivity contribution is -0.138.